The number of carbonyl (C=O) groups is 1. The Bertz CT molecular complexity index is 1590. The van der Waals surface area contributed by atoms with Gasteiger partial charge in [0.25, 0.3) is 5.91 Å². The number of aliphatic hydroxyl groups excluding tert-OH is 4. The second kappa shape index (κ2) is 12.3. The van der Waals surface area contributed by atoms with E-state index in [2.05, 4.69) is 45.9 Å². The summed E-state index contributed by atoms with van der Waals surface area (Å²) in [7, 11) is 0. The lowest BCUT2D eigenvalue weighted by Gasteiger charge is -2.35. The molecule has 5 aromatic rings. The van der Waals surface area contributed by atoms with Gasteiger partial charge < -0.3 is 35.5 Å². The fourth-order valence-corrected chi connectivity index (χ4v) is 5.60. The van der Waals surface area contributed by atoms with Crippen LogP contribution in [0.25, 0.3) is 32.2 Å². The number of amides is 1. The molecule has 1 saturated heterocycles. The Morgan fingerprint density at radius 1 is 1.05 bits per heavy atom. The van der Waals surface area contributed by atoms with Gasteiger partial charge in [-0.25, -0.2) is 4.98 Å². The van der Waals surface area contributed by atoms with Gasteiger partial charge in [0.05, 0.1) is 36.9 Å². The highest BCUT2D eigenvalue weighted by Gasteiger charge is 2.35. The lowest BCUT2D eigenvalue weighted by atomic mass is 9.94. The number of rotatable bonds is 6. The maximum Gasteiger partial charge on any atom is 0.250 e. The van der Waals surface area contributed by atoms with Gasteiger partial charge in [-0.2, -0.15) is 0 Å². The van der Waals surface area contributed by atoms with Crippen LogP contribution in [0.1, 0.15) is 22.3 Å². The van der Waals surface area contributed by atoms with Crippen LogP contribution in [-0.2, 0) is 11.3 Å². The molecule has 208 valence electrons. The Hall–Kier alpha value is -3.64. The quantitative estimate of drug-likeness (QED) is 0.214. The maximum absolute atomic E-state index is 12.0. The molecule has 2 aromatic heterocycles. The predicted molar refractivity (Wildman–Crippen MR) is 154 cm³/mol. The van der Waals surface area contributed by atoms with Crippen molar-refractivity contribution in [2.24, 2.45) is 11.7 Å². The zero-order valence-corrected chi connectivity index (χ0v) is 22.4. The highest BCUT2D eigenvalue weighted by atomic mass is 32.1. The number of thiazole rings is 1. The average molecular weight is 562 g/mol. The fraction of sp³-hybridized carbons (Fsp3) is 0.267. The average Bonchev–Trinajstić information content (AvgIpc) is 3.62. The highest BCUT2D eigenvalue weighted by Crippen LogP contribution is 2.30. The van der Waals surface area contributed by atoms with Gasteiger partial charge in [0.1, 0.15) is 5.01 Å². The van der Waals surface area contributed by atoms with Crippen LogP contribution in [0.15, 0.2) is 78.4 Å². The van der Waals surface area contributed by atoms with E-state index in [-0.39, 0.29) is 19.6 Å². The van der Waals surface area contributed by atoms with Crippen LogP contribution in [0.3, 0.4) is 0 Å². The number of fused-ring (bicyclic) bond motifs is 2. The van der Waals surface area contributed by atoms with E-state index in [0.29, 0.717) is 12.1 Å². The topological polar surface area (TPSA) is 151 Å². The van der Waals surface area contributed by atoms with Crippen molar-refractivity contribution < 1.29 is 30.0 Å². The van der Waals surface area contributed by atoms with Gasteiger partial charge in [0, 0.05) is 47.2 Å². The molecule has 3 heterocycles. The number of aliphatic hydroxyl groups is 4. The largest absolute Gasteiger partial charge is 0.396 e. The van der Waals surface area contributed by atoms with Crippen LogP contribution in [0.4, 0.5) is 0 Å². The number of ether oxygens (including phenoxy) is 1. The number of benzene rings is 3. The molecular formula is C30H31N3O6S. The minimum absolute atomic E-state index is 0.230. The number of nitrogens with two attached hydrogens (primary N) is 1. The first-order valence-corrected chi connectivity index (χ1v) is 13.8. The fourth-order valence-electron chi connectivity index (χ4n) is 4.97. The molecule has 4 unspecified atom stereocenters. The Labute approximate surface area is 234 Å². The summed E-state index contributed by atoms with van der Waals surface area (Å²) in [6.45, 7) is 0.114. The third-order valence-corrected chi connectivity index (χ3v) is 7.93. The molecule has 0 saturated carbocycles. The van der Waals surface area contributed by atoms with Crippen molar-refractivity contribution in [2.45, 2.75) is 31.5 Å². The SMILES string of the molecule is NC(=O)c1cn(Cc2ccc3ccccc3c2)c2cc(-c3nccs3)ccc12.OCC1CC(O)C(CO)C(O)O1. The van der Waals surface area contributed by atoms with Gasteiger partial charge in [-0.15, -0.1) is 11.3 Å². The summed E-state index contributed by atoms with van der Waals surface area (Å²) < 4.78 is 6.99. The van der Waals surface area contributed by atoms with E-state index in [1.54, 1.807) is 17.5 Å². The van der Waals surface area contributed by atoms with Crippen LogP contribution in [0.5, 0.6) is 0 Å². The molecule has 1 amide bonds. The molecule has 40 heavy (non-hydrogen) atoms. The van der Waals surface area contributed by atoms with Crippen molar-refractivity contribution in [3.8, 4) is 10.6 Å². The van der Waals surface area contributed by atoms with Crippen molar-refractivity contribution in [3.63, 3.8) is 0 Å². The van der Waals surface area contributed by atoms with E-state index in [9.17, 15) is 15.0 Å². The molecule has 0 bridgehead atoms. The number of hydrogen-bond acceptors (Lipinski definition) is 8. The van der Waals surface area contributed by atoms with E-state index >= 15 is 0 Å². The summed E-state index contributed by atoms with van der Waals surface area (Å²) in [4.78, 5) is 16.4. The number of primary amides is 1. The third-order valence-electron chi connectivity index (χ3n) is 7.10. The highest BCUT2D eigenvalue weighted by molar-refractivity contribution is 7.13. The molecule has 1 aliphatic heterocycles. The Morgan fingerprint density at radius 3 is 2.52 bits per heavy atom. The molecule has 0 spiro atoms. The van der Waals surface area contributed by atoms with Gasteiger partial charge in [0.15, 0.2) is 6.29 Å². The monoisotopic (exact) mass is 561 g/mol. The van der Waals surface area contributed by atoms with E-state index < -0.39 is 30.3 Å². The number of aromatic nitrogens is 2. The second-order valence-corrected chi connectivity index (χ2v) is 10.7. The summed E-state index contributed by atoms with van der Waals surface area (Å²) in [5, 5.41) is 42.1. The Kier molecular flexibility index (Phi) is 8.55. The molecule has 1 aliphatic rings. The third kappa shape index (κ3) is 5.92. The molecule has 0 aliphatic carbocycles. The maximum atomic E-state index is 12.0. The van der Waals surface area contributed by atoms with Gasteiger partial charge in [-0.05, 0) is 28.5 Å². The van der Waals surface area contributed by atoms with Crippen molar-refractivity contribution in [3.05, 3.63) is 89.6 Å². The summed E-state index contributed by atoms with van der Waals surface area (Å²) >= 11 is 1.60. The molecule has 0 radical (unpaired) electrons. The van der Waals surface area contributed by atoms with Crippen molar-refractivity contribution in [2.75, 3.05) is 13.2 Å². The normalized spacial score (nSPS) is 20.8. The summed E-state index contributed by atoms with van der Waals surface area (Å²) in [6.07, 6.45) is 1.38. The molecule has 9 nitrogen and oxygen atoms in total. The summed E-state index contributed by atoms with van der Waals surface area (Å²) in [5.41, 5.74) is 9.37. The van der Waals surface area contributed by atoms with Crippen molar-refractivity contribution in [1.29, 1.82) is 0 Å². The lowest BCUT2D eigenvalue weighted by molar-refractivity contribution is -0.237. The molecule has 1 fully saturated rings. The molecule has 6 N–H and O–H groups in total. The Morgan fingerprint density at radius 2 is 1.85 bits per heavy atom. The number of carbonyl (C=O) groups excluding carboxylic acids is 1. The van der Waals surface area contributed by atoms with Gasteiger partial charge >= 0.3 is 0 Å². The predicted octanol–water partition coefficient (Wildman–Crippen LogP) is 3.12. The van der Waals surface area contributed by atoms with Crippen LogP contribution < -0.4 is 5.73 Å². The van der Waals surface area contributed by atoms with Crippen LogP contribution in [0, 0.1) is 5.92 Å². The van der Waals surface area contributed by atoms with E-state index in [1.165, 1.54) is 16.3 Å². The first-order valence-electron chi connectivity index (χ1n) is 12.9. The standard InChI is InChI=1S/C23H17N3OS.C7H14O5/c24-22(27)20-14-26(13-15-5-6-16-3-1-2-4-17(16)11-15)21-12-18(7-8-19(20)21)23-25-9-10-28-23;8-2-4-1-6(10)5(3-9)7(11)12-4/h1-12,14H,13H2,(H2,24,27);4-11H,1-3H2. The minimum atomic E-state index is -1.18. The van der Waals surface area contributed by atoms with Gasteiger partial charge in [-0.3, -0.25) is 4.79 Å². The zero-order chi connectivity index (χ0) is 28.2. The first kappa shape index (κ1) is 27.9. The van der Waals surface area contributed by atoms with E-state index in [4.69, 9.17) is 20.7 Å². The Balaban J connectivity index is 0.000000227. The molecule has 3 aromatic carbocycles. The molecule has 6 rings (SSSR count). The lowest BCUT2D eigenvalue weighted by Crippen LogP contribution is -2.46. The summed E-state index contributed by atoms with van der Waals surface area (Å²) in [5.74, 6) is -1.07. The van der Waals surface area contributed by atoms with E-state index in [1.807, 2.05) is 35.8 Å². The summed E-state index contributed by atoms with van der Waals surface area (Å²) in [6, 6.07) is 20.8. The van der Waals surface area contributed by atoms with E-state index in [0.717, 1.165) is 21.5 Å². The van der Waals surface area contributed by atoms with Crippen LogP contribution in [0.2, 0.25) is 0 Å². The molecular weight excluding hydrogens is 530 g/mol. The molecule has 10 heteroatoms. The number of nitrogens with zero attached hydrogens (tertiary/aromatic N) is 2. The van der Waals surface area contributed by atoms with Crippen LogP contribution >= 0.6 is 11.3 Å². The second-order valence-electron chi connectivity index (χ2n) is 9.77. The van der Waals surface area contributed by atoms with Crippen LogP contribution in [-0.4, -0.2) is 67.6 Å². The smallest absolute Gasteiger partial charge is 0.250 e. The van der Waals surface area contributed by atoms with Gasteiger partial charge in [0.2, 0.25) is 0 Å². The molecule has 4 atom stereocenters. The zero-order valence-electron chi connectivity index (χ0n) is 21.6. The van der Waals surface area contributed by atoms with Crippen molar-refractivity contribution >= 4 is 38.9 Å². The first-order chi connectivity index (χ1) is 19.4. The number of hydrogen-bond donors (Lipinski definition) is 5. The van der Waals surface area contributed by atoms with Crippen molar-refractivity contribution in [1.82, 2.24) is 9.55 Å². The minimum Gasteiger partial charge on any atom is -0.396 e. The van der Waals surface area contributed by atoms with Gasteiger partial charge in [-0.1, -0.05) is 48.5 Å².